The van der Waals surface area contributed by atoms with Gasteiger partial charge in [0.05, 0.1) is 23.4 Å². The first kappa shape index (κ1) is 22.1. The molecule has 9 heteroatoms. The summed E-state index contributed by atoms with van der Waals surface area (Å²) in [6, 6.07) is 19.5. The molecule has 0 bridgehead atoms. The van der Waals surface area contributed by atoms with Crippen molar-refractivity contribution in [3.05, 3.63) is 84.7 Å². The van der Waals surface area contributed by atoms with Gasteiger partial charge in [-0.05, 0) is 32.0 Å². The van der Waals surface area contributed by atoms with E-state index in [4.69, 9.17) is 10.7 Å². The molecule has 0 aliphatic heterocycles. The summed E-state index contributed by atoms with van der Waals surface area (Å²) in [5.41, 5.74) is 10.00. The molecule has 9 nitrogen and oxygen atoms in total. The number of aromatic nitrogens is 6. The second-order valence-electron chi connectivity index (χ2n) is 8.33. The molecule has 3 heterocycles. The monoisotopic (exact) mass is 464 g/mol. The minimum Gasteiger partial charge on any atom is -0.382 e. The zero-order valence-electron chi connectivity index (χ0n) is 19.4. The standard InChI is InChI=1S/C26H24N8O/c1-16(2)34-21(30-15-31-34)14-29-26(35)24-25(27)33-22(17-7-4-3-5-8-17)23(32-24)19-10-11-20-18(13-19)9-6-12-28-20/h3-13,15-16H,14H2,1-2H3,(H2,27,33)(H,29,35). The fraction of sp³-hybridized carbons (Fsp3) is 0.154. The maximum Gasteiger partial charge on any atom is 0.274 e. The van der Waals surface area contributed by atoms with Gasteiger partial charge >= 0.3 is 0 Å². The van der Waals surface area contributed by atoms with Gasteiger partial charge in [-0.2, -0.15) is 5.10 Å². The number of carbonyl (C=O) groups excluding carboxylic acids is 1. The van der Waals surface area contributed by atoms with Crippen LogP contribution in [0.1, 0.15) is 36.2 Å². The highest BCUT2D eigenvalue weighted by Gasteiger charge is 2.21. The third-order valence-corrected chi connectivity index (χ3v) is 5.60. The van der Waals surface area contributed by atoms with Crippen molar-refractivity contribution in [3.8, 4) is 22.5 Å². The van der Waals surface area contributed by atoms with Crippen LogP contribution in [-0.4, -0.2) is 35.6 Å². The molecular formula is C26H24N8O. The summed E-state index contributed by atoms with van der Waals surface area (Å²) in [6.07, 6.45) is 3.22. The summed E-state index contributed by atoms with van der Waals surface area (Å²) >= 11 is 0. The molecular weight excluding hydrogens is 440 g/mol. The predicted octanol–water partition coefficient (Wildman–Crippen LogP) is 4.04. The van der Waals surface area contributed by atoms with Crippen LogP contribution in [0.4, 0.5) is 5.82 Å². The molecule has 0 unspecified atom stereocenters. The number of rotatable bonds is 6. The summed E-state index contributed by atoms with van der Waals surface area (Å²) in [6.45, 7) is 4.18. The number of hydrogen-bond donors (Lipinski definition) is 2. The number of fused-ring (bicyclic) bond motifs is 1. The minimum atomic E-state index is -0.434. The van der Waals surface area contributed by atoms with Crippen LogP contribution in [0.2, 0.25) is 0 Å². The van der Waals surface area contributed by atoms with E-state index in [9.17, 15) is 4.79 Å². The van der Waals surface area contributed by atoms with Crippen molar-refractivity contribution in [1.82, 2.24) is 35.0 Å². The van der Waals surface area contributed by atoms with E-state index in [1.165, 1.54) is 6.33 Å². The maximum absolute atomic E-state index is 13.1. The number of nitrogens with zero attached hydrogens (tertiary/aromatic N) is 6. The molecule has 0 saturated heterocycles. The molecule has 0 radical (unpaired) electrons. The van der Waals surface area contributed by atoms with Gasteiger partial charge in [-0.15, -0.1) is 0 Å². The number of carbonyl (C=O) groups is 1. The van der Waals surface area contributed by atoms with Crippen LogP contribution in [0.25, 0.3) is 33.4 Å². The number of amides is 1. The number of nitrogens with two attached hydrogens (primary N) is 1. The highest BCUT2D eigenvalue weighted by molar-refractivity contribution is 5.98. The molecule has 0 saturated carbocycles. The fourth-order valence-corrected chi connectivity index (χ4v) is 3.91. The molecule has 0 spiro atoms. The lowest BCUT2D eigenvalue weighted by atomic mass is 10.0. The second-order valence-corrected chi connectivity index (χ2v) is 8.33. The van der Waals surface area contributed by atoms with E-state index < -0.39 is 5.91 Å². The summed E-state index contributed by atoms with van der Waals surface area (Å²) in [5.74, 6) is 0.262. The molecule has 2 aromatic carbocycles. The number of nitrogen functional groups attached to an aromatic ring is 1. The first-order valence-electron chi connectivity index (χ1n) is 11.3. The number of benzene rings is 2. The van der Waals surface area contributed by atoms with Crippen molar-refractivity contribution in [2.45, 2.75) is 26.4 Å². The van der Waals surface area contributed by atoms with Crippen molar-refractivity contribution >= 4 is 22.6 Å². The molecule has 3 aromatic heterocycles. The SMILES string of the molecule is CC(C)n1ncnc1CNC(=O)c1nc(-c2ccc3ncccc3c2)c(-c2ccccc2)nc1N. The van der Waals surface area contributed by atoms with Gasteiger partial charge in [-0.3, -0.25) is 9.78 Å². The van der Waals surface area contributed by atoms with Gasteiger partial charge in [0.15, 0.2) is 11.5 Å². The molecule has 3 N–H and O–H groups in total. The normalized spacial score (nSPS) is 11.2. The van der Waals surface area contributed by atoms with Gasteiger partial charge < -0.3 is 11.1 Å². The van der Waals surface area contributed by atoms with Crippen LogP contribution >= 0.6 is 0 Å². The Kier molecular flexibility index (Phi) is 5.88. The molecule has 174 valence electrons. The molecule has 1 amide bonds. The molecule has 0 aliphatic rings. The highest BCUT2D eigenvalue weighted by atomic mass is 16.1. The van der Waals surface area contributed by atoms with Crippen LogP contribution in [0.3, 0.4) is 0 Å². The zero-order chi connectivity index (χ0) is 24.4. The molecule has 0 aliphatic carbocycles. The predicted molar refractivity (Wildman–Crippen MR) is 134 cm³/mol. The maximum atomic E-state index is 13.1. The lowest BCUT2D eigenvalue weighted by Gasteiger charge is -2.14. The zero-order valence-corrected chi connectivity index (χ0v) is 19.4. The summed E-state index contributed by atoms with van der Waals surface area (Å²) in [4.78, 5) is 31.1. The van der Waals surface area contributed by atoms with Crippen LogP contribution in [0.15, 0.2) is 73.2 Å². The number of hydrogen-bond acceptors (Lipinski definition) is 7. The first-order valence-corrected chi connectivity index (χ1v) is 11.3. The number of anilines is 1. The van der Waals surface area contributed by atoms with Crippen molar-refractivity contribution in [1.29, 1.82) is 0 Å². The van der Waals surface area contributed by atoms with Crippen LogP contribution in [0.5, 0.6) is 0 Å². The van der Waals surface area contributed by atoms with E-state index in [2.05, 4.69) is 25.4 Å². The van der Waals surface area contributed by atoms with E-state index in [1.807, 2.05) is 74.5 Å². The topological polar surface area (TPSA) is 124 Å². The molecule has 0 fully saturated rings. The van der Waals surface area contributed by atoms with Crippen LogP contribution in [-0.2, 0) is 6.54 Å². The third-order valence-electron chi connectivity index (χ3n) is 5.60. The van der Waals surface area contributed by atoms with Gasteiger partial charge in [0, 0.05) is 28.8 Å². The Balaban J connectivity index is 1.56. The Morgan fingerprint density at radius 2 is 1.77 bits per heavy atom. The fourth-order valence-electron chi connectivity index (χ4n) is 3.91. The van der Waals surface area contributed by atoms with Gasteiger partial charge in [0.1, 0.15) is 12.2 Å². The number of nitrogens with one attached hydrogen (secondary N) is 1. The molecule has 5 aromatic rings. The van der Waals surface area contributed by atoms with Crippen molar-refractivity contribution in [2.75, 3.05) is 5.73 Å². The summed E-state index contributed by atoms with van der Waals surface area (Å²) in [7, 11) is 0. The van der Waals surface area contributed by atoms with Gasteiger partial charge in [0.2, 0.25) is 0 Å². The van der Waals surface area contributed by atoms with Gasteiger partial charge in [-0.1, -0.05) is 42.5 Å². The van der Waals surface area contributed by atoms with Crippen LogP contribution in [0, 0.1) is 0 Å². The highest BCUT2D eigenvalue weighted by Crippen LogP contribution is 2.32. The molecule has 0 atom stereocenters. The Bertz CT molecular complexity index is 1510. The lowest BCUT2D eigenvalue weighted by Crippen LogP contribution is -2.27. The Labute approximate surface area is 202 Å². The average Bonchev–Trinajstić information content (AvgIpc) is 3.36. The summed E-state index contributed by atoms with van der Waals surface area (Å²) in [5, 5.41) is 8.01. The smallest absolute Gasteiger partial charge is 0.274 e. The molecule has 5 rings (SSSR count). The Morgan fingerprint density at radius 3 is 2.57 bits per heavy atom. The first-order chi connectivity index (χ1) is 17.0. The number of pyridine rings is 1. The average molecular weight is 465 g/mol. The quantitative estimate of drug-likeness (QED) is 0.388. The van der Waals surface area contributed by atoms with Crippen molar-refractivity contribution in [3.63, 3.8) is 0 Å². The van der Waals surface area contributed by atoms with E-state index in [1.54, 1.807) is 10.9 Å². The van der Waals surface area contributed by atoms with Crippen LogP contribution < -0.4 is 11.1 Å². The van der Waals surface area contributed by atoms with E-state index >= 15 is 0 Å². The van der Waals surface area contributed by atoms with Crippen molar-refractivity contribution < 1.29 is 4.79 Å². The van der Waals surface area contributed by atoms with E-state index in [0.717, 1.165) is 22.0 Å². The van der Waals surface area contributed by atoms with E-state index in [0.29, 0.717) is 17.2 Å². The largest absolute Gasteiger partial charge is 0.382 e. The molecule has 35 heavy (non-hydrogen) atoms. The van der Waals surface area contributed by atoms with Gasteiger partial charge in [0.25, 0.3) is 5.91 Å². The Hall–Kier alpha value is -4.66. The van der Waals surface area contributed by atoms with Gasteiger partial charge in [-0.25, -0.2) is 19.6 Å². The Morgan fingerprint density at radius 1 is 0.971 bits per heavy atom. The lowest BCUT2D eigenvalue weighted by molar-refractivity contribution is 0.0945. The van der Waals surface area contributed by atoms with E-state index in [-0.39, 0.29) is 24.1 Å². The van der Waals surface area contributed by atoms with Crippen molar-refractivity contribution in [2.24, 2.45) is 0 Å². The minimum absolute atomic E-state index is 0.0536. The summed E-state index contributed by atoms with van der Waals surface area (Å²) < 4.78 is 1.75. The third kappa shape index (κ3) is 4.43. The second kappa shape index (κ2) is 9.30.